The Hall–Kier alpha value is -3.02. The van der Waals surface area contributed by atoms with E-state index in [9.17, 15) is 14.3 Å². The molecule has 4 nitrogen and oxygen atoms in total. The minimum absolute atomic E-state index is 0.0236. The van der Waals surface area contributed by atoms with Gasteiger partial charge in [0, 0.05) is 31.7 Å². The van der Waals surface area contributed by atoms with E-state index in [2.05, 4.69) is 23.1 Å². The van der Waals surface area contributed by atoms with E-state index in [1.807, 2.05) is 43.3 Å². The molecule has 178 valence electrons. The van der Waals surface area contributed by atoms with Gasteiger partial charge in [0.2, 0.25) is 0 Å². The fourth-order valence-corrected chi connectivity index (χ4v) is 4.86. The summed E-state index contributed by atoms with van der Waals surface area (Å²) in [7, 11) is 3.92. The van der Waals surface area contributed by atoms with Crippen LogP contribution in [-0.2, 0) is 19.4 Å². The number of benzene rings is 3. The summed E-state index contributed by atoms with van der Waals surface area (Å²) in [5.41, 5.74) is 6.48. The smallest absolute Gasteiger partial charge is 0.253 e. The number of carbonyl (C=O) groups excluding carboxylic acids is 1. The number of aliphatic hydroxyl groups is 1. The highest BCUT2D eigenvalue weighted by Crippen LogP contribution is 2.27. The molecule has 0 saturated carbocycles. The number of amides is 1. The molecule has 0 aliphatic heterocycles. The lowest BCUT2D eigenvalue weighted by Crippen LogP contribution is -2.40. The molecule has 0 fully saturated rings. The molecule has 0 aromatic heterocycles. The number of carbonyl (C=O) groups is 1. The van der Waals surface area contributed by atoms with Crippen LogP contribution < -0.4 is 0 Å². The van der Waals surface area contributed by atoms with Gasteiger partial charge in [-0.05, 0) is 85.3 Å². The summed E-state index contributed by atoms with van der Waals surface area (Å²) in [6.07, 6.45) is 2.41. The fourth-order valence-electron chi connectivity index (χ4n) is 4.86. The van der Waals surface area contributed by atoms with Crippen LogP contribution in [0.3, 0.4) is 0 Å². The second kappa shape index (κ2) is 10.5. The first-order valence-electron chi connectivity index (χ1n) is 11.9. The van der Waals surface area contributed by atoms with Gasteiger partial charge in [-0.3, -0.25) is 9.69 Å². The average Bonchev–Trinajstić information content (AvgIpc) is 2.83. The predicted octanol–water partition coefficient (Wildman–Crippen LogP) is 4.93. The van der Waals surface area contributed by atoms with Gasteiger partial charge in [-0.2, -0.15) is 0 Å². The molecule has 4 rings (SSSR count). The SMILES string of the molecule is CC(O)CN(C)Cc1ccc2c(c1)CCC(N(C)C(=O)c1ccc(-c3ccc(F)cc3)cc1)C2. The molecule has 0 radical (unpaired) electrons. The number of nitrogens with zero attached hydrogens (tertiary/aromatic N) is 2. The minimum atomic E-state index is -0.337. The van der Waals surface area contributed by atoms with Crippen LogP contribution in [-0.4, -0.2) is 53.6 Å². The fraction of sp³-hybridized carbons (Fsp3) is 0.345. The van der Waals surface area contributed by atoms with Crippen molar-refractivity contribution < 1.29 is 14.3 Å². The van der Waals surface area contributed by atoms with Crippen molar-refractivity contribution in [1.82, 2.24) is 9.80 Å². The molecule has 5 heteroatoms. The molecule has 3 aromatic rings. The molecule has 0 saturated heterocycles. The van der Waals surface area contributed by atoms with Crippen LogP contribution in [0.25, 0.3) is 11.1 Å². The van der Waals surface area contributed by atoms with E-state index in [0.717, 1.165) is 36.9 Å². The Morgan fingerprint density at radius 2 is 1.65 bits per heavy atom. The minimum Gasteiger partial charge on any atom is -0.392 e. The van der Waals surface area contributed by atoms with Crippen LogP contribution in [0.15, 0.2) is 66.7 Å². The van der Waals surface area contributed by atoms with Crippen LogP contribution in [0.1, 0.15) is 40.4 Å². The molecular formula is C29H33FN2O2. The van der Waals surface area contributed by atoms with Gasteiger partial charge in [0.25, 0.3) is 5.91 Å². The van der Waals surface area contributed by atoms with Crippen molar-refractivity contribution in [3.63, 3.8) is 0 Å². The van der Waals surface area contributed by atoms with Gasteiger partial charge in [-0.15, -0.1) is 0 Å². The standard InChI is InChI=1S/C29H33FN2O2/c1-20(33)18-31(2)19-21-4-5-26-17-28(15-12-25(26)16-21)32(3)29(34)24-8-6-22(7-9-24)23-10-13-27(30)14-11-23/h4-11,13-14,16,20,28,33H,12,15,17-19H2,1-3H3. The Morgan fingerprint density at radius 3 is 2.29 bits per heavy atom. The maximum absolute atomic E-state index is 13.2. The van der Waals surface area contributed by atoms with E-state index < -0.39 is 0 Å². The average molecular weight is 461 g/mol. The van der Waals surface area contributed by atoms with Crippen molar-refractivity contribution in [2.24, 2.45) is 0 Å². The van der Waals surface area contributed by atoms with E-state index in [-0.39, 0.29) is 23.9 Å². The maximum atomic E-state index is 13.2. The summed E-state index contributed by atoms with van der Waals surface area (Å²) in [6, 6.07) is 20.7. The van der Waals surface area contributed by atoms with Crippen LogP contribution in [0, 0.1) is 5.82 Å². The summed E-state index contributed by atoms with van der Waals surface area (Å²) in [5.74, 6) is -0.235. The van der Waals surface area contributed by atoms with Gasteiger partial charge in [0.05, 0.1) is 6.10 Å². The second-order valence-corrected chi connectivity index (χ2v) is 9.55. The first-order chi connectivity index (χ1) is 16.3. The summed E-state index contributed by atoms with van der Waals surface area (Å²) in [4.78, 5) is 17.2. The monoisotopic (exact) mass is 460 g/mol. The van der Waals surface area contributed by atoms with Gasteiger partial charge in [0.15, 0.2) is 0 Å². The van der Waals surface area contributed by atoms with Gasteiger partial charge in [-0.1, -0.05) is 42.5 Å². The van der Waals surface area contributed by atoms with Crippen molar-refractivity contribution >= 4 is 5.91 Å². The first kappa shape index (κ1) is 24.1. The first-order valence-corrected chi connectivity index (χ1v) is 11.9. The van der Waals surface area contributed by atoms with Crippen LogP contribution in [0.4, 0.5) is 4.39 Å². The number of aliphatic hydroxyl groups excluding tert-OH is 1. The van der Waals surface area contributed by atoms with Crippen LogP contribution >= 0.6 is 0 Å². The molecule has 3 aromatic carbocycles. The number of fused-ring (bicyclic) bond motifs is 1. The zero-order valence-electron chi connectivity index (χ0n) is 20.2. The highest BCUT2D eigenvalue weighted by atomic mass is 19.1. The van der Waals surface area contributed by atoms with Crippen LogP contribution in [0.2, 0.25) is 0 Å². The second-order valence-electron chi connectivity index (χ2n) is 9.55. The van der Waals surface area contributed by atoms with Crippen LogP contribution in [0.5, 0.6) is 0 Å². The van der Waals surface area contributed by atoms with Gasteiger partial charge < -0.3 is 10.0 Å². The lowest BCUT2D eigenvalue weighted by Gasteiger charge is -2.33. The van der Waals surface area contributed by atoms with Crippen molar-refractivity contribution in [2.75, 3.05) is 20.6 Å². The van der Waals surface area contributed by atoms with Crippen molar-refractivity contribution in [3.05, 3.63) is 94.8 Å². The van der Waals surface area contributed by atoms with Gasteiger partial charge in [0.1, 0.15) is 5.82 Å². The topological polar surface area (TPSA) is 43.8 Å². The summed E-state index contributed by atoms with van der Waals surface area (Å²) in [6.45, 7) is 3.27. The molecule has 1 aliphatic carbocycles. The van der Waals surface area contributed by atoms with E-state index in [0.29, 0.717) is 12.1 Å². The molecule has 1 aliphatic rings. The molecule has 1 N–H and O–H groups in total. The summed E-state index contributed by atoms with van der Waals surface area (Å²) < 4.78 is 13.2. The molecule has 0 bridgehead atoms. The van der Waals surface area contributed by atoms with Crippen molar-refractivity contribution in [1.29, 1.82) is 0 Å². The van der Waals surface area contributed by atoms with E-state index >= 15 is 0 Å². The molecule has 34 heavy (non-hydrogen) atoms. The normalized spacial score (nSPS) is 16.2. The van der Waals surface area contributed by atoms with E-state index in [1.54, 1.807) is 19.1 Å². The zero-order chi connectivity index (χ0) is 24.2. The Kier molecular flexibility index (Phi) is 7.44. The Morgan fingerprint density at radius 1 is 1.00 bits per heavy atom. The molecule has 0 spiro atoms. The lowest BCUT2D eigenvalue weighted by atomic mass is 9.86. The quantitative estimate of drug-likeness (QED) is 0.544. The third-order valence-electron chi connectivity index (χ3n) is 6.68. The van der Waals surface area contributed by atoms with Gasteiger partial charge in [-0.25, -0.2) is 4.39 Å². The molecular weight excluding hydrogens is 427 g/mol. The third-order valence-corrected chi connectivity index (χ3v) is 6.68. The molecule has 1 amide bonds. The highest BCUT2D eigenvalue weighted by Gasteiger charge is 2.26. The number of rotatable bonds is 7. The largest absolute Gasteiger partial charge is 0.392 e. The molecule has 0 heterocycles. The Labute approximate surface area is 201 Å². The van der Waals surface area contributed by atoms with E-state index in [4.69, 9.17) is 0 Å². The summed E-state index contributed by atoms with van der Waals surface area (Å²) in [5, 5.41) is 9.59. The number of halogens is 1. The van der Waals surface area contributed by atoms with E-state index in [1.165, 1.54) is 28.8 Å². The van der Waals surface area contributed by atoms with Crippen molar-refractivity contribution in [2.45, 2.75) is 44.9 Å². The zero-order valence-corrected chi connectivity index (χ0v) is 20.2. The number of hydrogen-bond donors (Lipinski definition) is 1. The predicted molar refractivity (Wildman–Crippen MR) is 134 cm³/mol. The number of likely N-dealkylation sites (N-methyl/N-ethyl adjacent to an activating group) is 2. The maximum Gasteiger partial charge on any atom is 0.253 e. The third kappa shape index (κ3) is 5.72. The van der Waals surface area contributed by atoms with Gasteiger partial charge >= 0.3 is 0 Å². The summed E-state index contributed by atoms with van der Waals surface area (Å²) >= 11 is 0. The Bertz CT molecular complexity index is 1130. The lowest BCUT2D eigenvalue weighted by molar-refractivity contribution is 0.0719. The number of aryl methyl sites for hydroxylation is 1. The molecule has 2 unspecified atom stereocenters. The van der Waals surface area contributed by atoms with Crippen molar-refractivity contribution in [3.8, 4) is 11.1 Å². The Balaban J connectivity index is 1.40. The number of hydrogen-bond acceptors (Lipinski definition) is 3. The molecule has 2 atom stereocenters. The highest BCUT2D eigenvalue weighted by molar-refractivity contribution is 5.94.